The molecular weight excluding hydrogens is 508 g/mol. The van der Waals surface area contributed by atoms with E-state index in [-0.39, 0.29) is 31.1 Å². The number of carbonyl (C=O) groups excluding carboxylic acids is 1. The van der Waals surface area contributed by atoms with Gasteiger partial charge < -0.3 is 15.3 Å². The first-order chi connectivity index (χ1) is 15.9. The molecule has 0 atom stereocenters. The van der Waals surface area contributed by atoms with Crippen LogP contribution in [0, 0.1) is 5.82 Å². The Morgan fingerprint density at radius 3 is 2.59 bits per heavy atom. The van der Waals surface area contributed by atoms with Crippen molar-refractivity contribution in [3.8, 4) is 11.6 Å². The maximum Gasteiger partial charge on any atom is 0.433 e. The lowest BCUT2D eigenvalue weighted by Crippen LogP contribution is -2.45. The molecule has 0 spiro atoms. The number of nitrogens with two attached hydrogens (primary N) is 1. The molecule has 0 aliphatic carbocycles. The van der Waals surface area contributed by atoms with Crippen LogP contribution in [-0.2, 0) is 15.7 Å². The molecule has 15 heteroatoms. The van der Waals surface area contributed by atoms with Crippen LogP contribution in [0.2, 0.25) is 5.02 Å². The molecule has 0 aliphatic rings. The quantitative estimate of drug-likeness (QED) is 0.299. The lowest BCUT2D eigenvalue weighted by molar-refractivity contribution is -0.144. The van der Waals surface area contributed by atoms with E-state index in [2.05, 4.69) is 9.72 Å². The molecule has 1 aromatic carbocycles. The minimum Gasteiger partial charge on any atom is -0.466 e. The number of nitrogens with zero attached hydrogens (tertiary/aromatic N) is 3. The number of carbonyl (C=O) groups is 1. The zero-order valence-corrected chi connectivity index (χ0v) is 18.5. The predicted octanol–water partition coefficient (Wildman–Crippen LogP) is 2.62. The van der Waals surface area contributed by atoms with Gasteiger partial charge in [0.2, 0.25) is 5.88 Å². The fraction of sp³-hybridized carbons (Fsp3) is 0.158. The van der Waals surface area contributed by atoms with Gasteiger partial charge in [0.25, 0.3) is 5.56 Å². The van der Waals surface area contributed by atoms with E-state index in [0.29, 0.717) is 4.90 Å². The van der Waals surface area contributed by atoms with Crippen LogP contribution in [-0.4, -0.2) is 33.9 Å². The summed E-state index contributed by atoms with van der Waals surface area (Å²) in [6, 6.07) is 4.88. The fourth-order valence-electron chi connectivity index (χ4n) is 2.63. The molecular formula is C19H13ClF4N4O5S. The molecule has 2 heterocycles. The molecule has 2 aromatic heterocycles. The molecule has 0 saturated carbocycles. The molecule has 9 nitrogen and oxygen atoms in total. The van der Waals surface area contributed by atoms with Crippen molar-refractivity contribution in [1.82, 2.24) is 14.2 Å². The molecule has 3 aromatic rings. The highest BCUT2D eigenvalue weighted by molar-refractivity contribution is 7.99. The molecule has 3 rings (SSSR count). The first-order valence-corrected chi connectivity index (χ1v) is 10.2. The second-order valence-electron chi connectivity index (χ2n) is 6.36. The van der Waals surface area contributed by atoms with Crippen molar-refractivity contribution >= 4 is 29.3 Å². The van der Waals surface area contributed by atoms with E-state index in [1.165, 1.54) is 18.3 Å². The Balaban J connectivity index is 2.08. The van der Waals surface area contributed by atoms with Crippen molar-refractivity contribution in [2.45, 2.75) is 16.0 Å². The summed E-state index contributed by atoms with van der Waals surface area (Å²) in [5, 5.41) is -0.151. The second-order valence-corrected chi connectivity index (χ2v) is 7.85. The molecule has 0 aliphatic heterocycles. The number of pyridine rings is 1. The van der Waals surface area contributed by atoms with Crippen LogP contribution in [0.1, 0.15) is 5.69 Å². The van der Waals surface area contributed by atoms with Gasteiger partial charge in [0, 0.05) is 17.2 Å². The minimum atomic E-state index is -5.09. The van der Waals surface area contributed by atoms with E-state index < -0.39 is 47.2 Å². The van der Waals surface area contributed by atoms with E-state index in [1.54, 1.807) is 0 Å². The number of halogens is 5. The highest BCUT2D eigenvalue weighted by Crippen LogP contribution is 2.39. The van der Waals surface area contributed by atoms with Gasteiger partial charge in [0.1, 0.15) is 5.82 Å². The number of esters is 1. The number of aromatic nitrogens is 3. The van der Waals surface area contributed by atoms with Crippen molar-refractivity contribution in [3.05, 3.63) is 73.9 Å². The average Bonchev–Trinajstić information content (AvgIpc) is 2.77. The zero-order chi connectivity index (χ0) is 25.2. The van der Waals surface area contributed by atoms with Crippen molar-refractivity contribution < 1.29 is 31.8 Å². The standard InChI is InChI=1S/C19H13ClF4N4O5S/c1-32-16(30)8-33-17-12(3-2-4-26-17)34-13-6-11(10(21)5-9(13)20)27-15(29)7-14(19(22,23)24)28(25)18(27)31/h2-7H,8,25H2,1H3. The van der Waals surface area contributed by atoms with Crippen molar-refractivity contribution in [2.24, 2.45) is 0 Å². The first-order valence-electron chi connectivity index (χ1n) is 8.97. The summed E-state index contributed by atoms with van der Waals surface area (Å²) in [5.74, 6) is 3.37. The van der Waals surface area contributed by atoms with E-state index in [1.807, 2.05) is 0 Å². The Bertz CT molecular complexity index is 1380. The number of alkyl halides is 3. The van der Waals surface area contributed by atoms with Crippen molar-refractivity contribution in [1.29, 1.82) is 0 Å². The number of hydrogen-bond donors (Lipinski definition) is 1. The van der Waals surface area contributed by atoms with E-state index in [0.717, 1.165) is 31.0 Å². The molecule has 0 radical (unpaired) electrons. The van der Waals surface area contributed by atoms with Gasteiger partial charge in [-0.05, 0) is 24.3 Å². The van der Waals surface area contributed by atoms with Crippen LogP contribution in [0.4, 0.5) is 17.6 Å². The summed E-state index contributed by atoms with van der Waals surface area (Å²) in [4.78, 5) is 40.4. The Labute approximate surface area is 196 Å². The average molecular weight is 521 g/mol. The maximum absolute atomic E-state index is 14.7. The highest BCUT2D eigenvalue weighted by atomic mass is 35.5. The summed E-state index contributed by atoms with van der Waals surface area (Å²) in [6.07, 6.45) is -3.72. The Hall–Kier alpha value is -3.52. The number of nitrogen functional groups attached to an aromatic ring is 1. The normalized spacial score (nSPS) is 11.4. The van der Waals surface area contributed by atoms with Gasteiger partial charge in [-0.25, -0.2) is 28.2 Å². The summed E-state index contributed by atoms with van der Waals surface area (Å²) < 4.78 is 63.3. The number of ether oxygens (including phenoxy) is 2. The predicted molar refractivity (Wildman–Crippen MR) is 112 cm³/mol. The van der Waals surface area contributed by atoms with Crippen molar-refractivity contribution in [3.63, 3.8) is 0 Å². The SMILES string of the molecule is COC(=O)COc1ncccc1Sc1cc(-n2c(=O)cc(C(F)(F)F)n(N)c2=O)c(F)cc1Cl. The smallest absolute Gasteiger partial charge is 0.433 e. The van der Waals surface area contributed by atoms with Gasteiger partial charge in [0.15, 0.2) is 12.3 Å². The topological polar surface area (TPSA) is 118 Å². The maximum atomic E-state index is 14.7. The van der Waals surface area contributed by atoms with Crippen molar-refractivity contribution in [2.75, 3.05) is 19.6 Å². The number of hydrogen-bond acceptors (Lipinski definition) is 8. The van der Waals surface area contributed by atoms with Gasteiger partial charge in [-0.2, -0.15) is 13.2 Å². The van der Waals surface area contributed by atoms with Crippen LogP contribution in [0.5, 0.6) is 5.88 Å². The highest BCUT2D eigenvalue weighted by Gasteiger charge is 2.36. The van der Waals surface area contributed by atoms with Crippen LogP contribution < -0.4 is 21.8 Å². The molecule has 0 bridgehead atoms. The van der Waals surface area contributed by atoms with Crippen LogP contribution in [0.15, 0.2) is 55.9 Å². The van der Waals surface area contributed by atoms with Crippen LogP contribution in [0.3, 0.4) is 0 Å². The molecule has 34 heavy (non-hydrogen) atoms. The van der Waals surface area contributed by atoms with E-state index in [4.69, 9.17) is 22.2 Å². The van der Waals surface area contributed by atoms with Gasteiger partial charge in [-0.3, -0.25) is 4.79 Å². The fourth-order valence-corrected chi connectivity index (χ4v) is 3.81. The first kappa shape index (κ1) is 25.1. The third-order valence-corrected chi connectivity index (χ3v) is 5.69. The molecule has 0 amide bonds. The number of benzene rings is 1. The molecule has 2 N–H and O–H groups in total. The van der Waals surface area contributed by atoms with E-state index in [9.17, 15) is 31.9 Å². The van der Waals surface area contributed by atoms with Gasteiger partial charge in [-0.1, -0.05) is 23.4 Å². The summed E-state index contributed by atoms with van der Waals surface area (Å²) in [7, 11) is 1.16. The lowest BCUT2D eigenvalue weighted by atomic mass is 10.3. The van der Waals surface area contributed by atoms with Crippen LogP contribution in [0.25, 0.3) is 5.69 Å². The Morgan fingerprint density at radius 1 is 1.24 bits per heavy atom. The van der Waals surface area contributed by atoms with Gasteiger partial charge >= 0.3 is 17.8 Å². The van der Waals surface area contributed by atoms with Gasteiger partial charge in [-0.15, -0.1) is 0 Å². The van der Waals surface area contributed by atoms with Gasteiger partial charge in [0.05, 0.1) is 22.7 Å². The summed E-state index contributed by atoms with van der Waals surface area (Å²) in [5.41, 5.74) is -5.47. The minimum absolute atomic E-state index is 0.00384. The largest absolute Gasteiger partial charge is 0.466 e. The Kier molecular flexibility index (Phi) is 7.21. The third kappa shape index (κ3) is 5.17. The number of rotatable bonds is 6. The number of methoxy groups -OCH3 is 1. The Morgan fingerprint density at radius 2 is 1.94 bits per heavy atom. The summed E-state index contributed by atoms with van der Waals surface area (Å²) in [6.45, 7) is -0.458. The third-order valence-electron chi connectivity index (χ3n) is 4.18. The molecule has 0 saturated heterocycles. The van der Waals surface area contributed by atoms with E-state index >= 15 is 0 Å². The molecule has 0 fully saturated rings. The second kappa shape index (κ2) is 9.77. The lowest BCUT2D eigenvalue weighted by Gasteiger charge is -2.15. The monoisotopic (exact) mass is 520 g/mol. The summed E-state index contributed by atoms with van der Waals surface area (Å²) >= 11 is 6.96. The van der Waals surface area contributed by atoms with Crippen LogP contribution >= 0.6 is 23.4 Å². The zero-order valence-electron chi connectivity index (χ0n) is 16.9. The molecule has 0 unspecified atom stereocenters. The molecule has 180 valence electrons.